The number of hydrogen-bond acceptors (Lipinski definition) is 4. The maximum atomic E-state index is 12.2. The van der Waals surface area contributed by atoms with Crippen molar-refractivity contribution in [3.05, 3.63) is 17.5 Å². The molecule has 0 spiro atoms. The molecular formula is C15H26F3N5O. The lowest BCUT2D eigenvalue weighted by atomic mass is 10.1. The normalized spacial score (nSPS) is 13.0. The van der Waals surface area contributed by atoms with Crippen LogP contribution in [0.15, 0.2) is 15.6 Å². The van der Waals surface area contributed by atoms with E-state index in [4.69, 9.17) is 4.52 Å². The summed E-state index contributed by atoms with van der Waals surface area (Å²) in [6.45, 7) is 4.48. The van der Waals surface area contributed by atoms with Gasteiger partial charge >= 0.3 is 6.18 Å². The van der Waals surface area contributed by atoms with E-state index < -0.39 is 12.7 Å². The first kappa shape index (κ1) is 20.3. The summed E-state index contributed by atoms with van der Waals surface area (Å²) < 4.78 is 41.8. The van der Waals surface area contributed by atoms with Crippen LogP contribution in [0.5, 0.6) is 0 Å². The molecule has 0 radical (unpaired) electrons. The molecule has 2 N–H and O–H groups in total. The van der Waals surface area contributed by atoms with E-state index in [0.29, 0.717) is 43.7 Å². The van der Waals surface area contributed by atoms with Gasteiger partial charge in [-0.1, -0.05) is 19.0 Å². The van der Waals surface area contributed by atoms with E-state index in [2.05, 4.69) is 20.8 Å². The van der Waals surface area contributed by atoms with Crippen molar-refractivity contribution in [2.75, 3.05) is 33.7 Å². The van der Waals surface area contributed by atoms with Gasteiger partial charge in [0.05, 0.1) is 18.8 Å². The second-order valence-electron chi connectivity index (χ2n) is 5.93. The number of alkyl halides is 3. The van der Waals surface area contributed by atoms with Crippen LogP contribution in [0.2, 0.25) is 0 Å². The fourth-order valence-electron chi connectivity index (χ4n) is 2.02. The molecule has 0 atom stereocenters. The van der Waals surface area contributed by atoms with Gasteiger partial charge in [0.1, 0.15) is 0 Å². The summed E-state index contributed by atoms with van der Waals surface area (Å²) in [5.41, 5.74) is 0.891. The number of aromatic nitrogens is 1. The first-order valence-electron chi connectivity index (χ1n) is 7.86. The van der Waals surface area contributed by atoms with E-state index in [1.807, 2.05) is 19.9 Å². The molecule has 0 fully saturated rings. The highest BCUT2D eigenvalue weighted by Crippen LogP contribution is 2.15. The highest BCUT2D eigenvalue weighted by Gasteiger charge is 2.28. The molecule has 1 rings (SSSR count). The lowest BCUT2D eigenvalue weighted by Crippen LogP contribution is -2.38. The minimum Gasteiger partial charge on any atom is -0.359 e. The van der Waals surface area contributed by atoms with Gasteiger partial charge in [0.2, 0.25) is 0 Å². The second-order valence-corrected chi connectivity index (χ2v) is 5.93. The Kier molecular flexibility index (Phi) is 8.03. The third-order valence-electron chi connectivity index (χ3n) is 3.28. The van der Waals surface area contributed by atoms with E-state index in [1.54, 1.807) is 7.05 Å². The molecule has 0 saturated heterocycles. The van der Waals surface area contributed by atoms with Crippen LogP contribution in [0.25, 0.3) is 0 Å². The second kappa shape index (κ2) is 9.51. The Hall–Kier alpha value is -1.77. The molecule has 0 aliphatic carbocycles. The van der Waals surface area contributed by atoms with Crippen molar-refractivity contribution in [3.8, 4) is 0 Å². The smallest absolute Gasteiger partial charge is 0.359 e. The topological polar surface area (TPSA) is 65.7 Å². The van der Waals surface area contributed by atoms with E-state index >= 15 is 0 Å². The molecule has 1 aromatic rings. The molecule has 24 heavy (non-hydrogen) atoms. The molecule has 0 aliphatic rings. The summed E-state index contributed by atoms with van der Waals surface area (Å²) in [6, 6.07) is 1.89. The first-order valence-corrected chi connectivity index (χ1v) is 7.86. The van der Waals surface area contributed by atoms with Crippen LogP contribution in [0, 0.1) is 0 Å². The molecule has 0 amide bonds. The fraction of sp³-hybridized carbons (Fsp3) is 0.733. The molecule has 0 unspecified atom stereocenters. The van der Waals surface area contributed by atoms with Crippen LogP contribution >= 0.6 is 0 Å². The van der Waals surface area contributed by atoms with Gasteiger partial charge in [0.15, 0.2) is 11.7 Å². The maximum Gasteiger partial charge on any atom is 0.401 e. The van der Waals surface area contributed by atoms with Crippen LogP contribution < -0.4 is 10.6 Å². The molecular weight excluding hydrogens is 323 g/mol. The molecule has 0 aliphatic heterocycles. The zero-order valence-electron chi connectivity index (χ0n) is 14.6. The van der Waals surface area contributed by atoms with Crippen molar-refractivity contribution in [1.29, 1.82) is 0 Å². The number of guanidine groups is 1. The summed E-state index contributed by atoms with van der Waals surface area (Å²) in [5.74, 6) is 1.57. The Balaban J connectivity index is 2.25. The molecule has 0 aromatic carbocycles. The van der Waals surface area contributed by atoms with E-state index in [1.165, 1.54) is 11.9 Å². The van der Waals surface area contributed by atoms with E-state index in [-0.39, 0.29) is 0 Å². The predicted octanol–water partition coefficient (Wildman–Crippen LogP) is 2.35. The van der Waals surface area contributed by atoms with Crippen LogP contribution in [-0.2, 0) is 6.54 Å². The summed E-state index contributed by atoms with van der Waals surface area (Å²) in [5, 5.41) is 10.1. The van der Waals surface area contributed by atoms with Gasteiger partial charge in [0.25, 0.3) is 0 Å². The van der Waals surface area contributed by atoms with Gasteiger partial charge in [-0.25, -0.2) is 0 Å². The van der Waals surface area contributed by atoms with Crippen molar-refractivity contribution in [2.45, 2.75) is 38.9 Å². The number of aliphatic imine (C=N–C) groups is 1. The van der Waals surface area contributed by atoms with Crippen LogP contribution in [0.3, 0.4) is 0 Å². The van der Waals surface area contributed by atoms with Crippen LogP contribution in [0.1, 0.15) is 37.6 Å². The summed E-state index contributed by atoms with van der Waals surface area (Å²) in [4.78, 5) is 5.31. The fourth-order valence-corrected chi connectivity index (χ4v) is 2.02. The van der Waals surface area contributed by atoms with Gasteiger partial charge in [-0.05, 0) is 25.9 Å². The Morgan fingerprint density at radius 2 is 2.08 bits per heavy atom. The third-order valence-corrected chi connectivity index (χ3v) is 3.28. The summed E-state index contributed by atoms with van der Waals surface area (Å²) in [6.07, 6.45) is -3.58. The lowest BCUT2D eigenvalue weighted by Gasteiger charge is -2.18. The number of hydrogen-bond donors (Lipinski definition) is 2. The minimum absolute atomic E-state index is 0.300. The average Bonchev–Trinajstić information content (AvgIpc) is 2.93. The largest absolute Gasteiger partial charge is 0.401 e. The molecule has 0 saturated carbocycles. The van der Waals surface area contributed by atoms with Crippen LogP contribution in [-0.4, -0.2) is 55.9 Å². The van der Waals surface area contributed by atoms with Crippen molar-refractivity contribution in [3.63, 3.8) is 0 Å². The number of nitrogens with one attached hydrogen (secondary N) is 2. The number of rotatable bonds is 8. The van der Waals surface area contributed by atoms with Crippen LogP contribution in [0.4, 0.5) is 13.2 Å². The quantitative estimate of drug-likeness (QED) is 0.428. The standard InChI is InChI=1S/C15H26F3N5O/c1-11(2)13-8-12(24-22-13)9-21-14(19-3)20-6-5-7-23(4)10-15(16,17)18/h8,11H,5-7,9-10H2,1-4H3,(H2,19,20,21). The Bertz CT molecular complexity index is 513. The Morgan fingerprint density at radius 1 is 1.38 bits per heavy atom. The van der Waals surface area contributed by atoms with Crippen molar-refractivity contribution in [1.82, 2.24) is 20.7 Å². The zero-order valence-corrected chi connectivity index (χ0v) is 14.6. The average molecular weight is 349 g/mol. The first-order chi connectivity index (χ1) is 11.2. The van der Waals surface area contributed by atoms with E-state index in [0.717, 1.165) is 5.69 Å². The summed E-state index contributed by atoms with van der Waals surface area (Å²) >= 11 is 0. The molecule has 0 bridgehead atoms. The van der Waals surface area contributed by atoms with Crippen molar-refractivity contribution in [2.24, 2.45) is 4.99 Å². The van der Waals surface area contributed by atoms with Gasteiger partial charge in [-0.3, -0.25) is 9.89 Å². The van der Waals surface area contributed by atoms with E-state index in [9.17, 15) is 13.2 Å². The predicted molar refractivity (Wildman–Crippen MR) is 87.0 cm³/mol. The minimum atomic E-state index is -4.16. The van der Waals surface area contributed by atoms with Gasteiger partial charge in [-0.2, -0.15) is 13.2 Å². The molecule has 1 aromatic heterocycles. The van der Waals surface area contributed by atoms with Crippen molar-refractivity contribution < 1.29 is 17.7 Å². The zero-order chi connectivity index (χ0) is 18.2. The van der Waals surface area contributed by atoms with Gasteiger partial charge in [0, 0.05) is 19.7 Å². The Labute approximate surface area is 140 Å². The van der Waals surface area contributed by atoms with Gasteiger partial charge < -0.3 is 15.2 Å². The monoisotopic (exact) mass is 349 g/mol. The molecule has 6 nitrogen and oxygen atoms in total. The molecule has 138 valence electrons. The third kappa shape index (κ3) is 8.19. The molecule has 9 heteroatoms. The lowest BCUT2D eigenvalue weighted by molar-refractivity contribution is -0.143. The SMILES string of the molecule is CN=C(NCCCN(C)CC(F)(F)F)NCc1cc(C(C)C)no1. The maximum absolute atomic E-state index is 12.2. The highest BCUT2D eigenvalue weighted by molar-refractivity contribution is 5.79. The van der Waals surface area contributed by atoms with Gasteiger partial charge in [-0.15, -0.1) is 0 Å². The van der Waals surface area contributed by atoms with Crippen molar-refractivity contribution >= 4 is 5.96 Å². The summed E-state index contributed by atoms with van der Waals surface area (Å²) in [7, 11) is 3.09. The Morgan fingerprint density at radius 3 is 2.62 bits per heavy atom. The number of halogens is 3. The molecule has 1 heterocycles. The highest BCUT2D eigenvalue weighted by atomic mass is 19.4. The number of nitrogens with zero attached hydrogens (tertiary/aromatic N) is 3.